The van der Waals surface area contributed by atoms with Crippen LogP contribution in [0.1, 0.15) is 17.7 Å². The first-order valence-electron chi connectivity index (χ1n) is 6.65. The topological polar surface area (TPSA) is 89.4 Å². The van der Waals surface area contributed by atoms with E-state index < -0.39 is 12.0 Å². The fraction of sp³-hybridized carbons (Fsp3) is 0.333. The first-order valence-corrected chi connectivity index (χ1v) is 7.80. The van der Waals surface area contributed by atoms with Gasteiger partial charge in [-0.3, -0.25) is 4.79 Å². The molecule has 0 fully saturated rings. The summed E-state index contributed by atoms with van der Waals surface area (Å²) in [7, 11) is 0. The van der Waals surface area contributed by atoms with Gasteiger partial charge in [-0.1, -0.05) is 35.0 Å². The predicted octanol–water partition coefficient (Wildman–Crippen LogP) is 2.69. The molecular formula is C15H18N2O3S. The number of benzene rings is 1. The number of hydrogen-bond donors (Lipinski definition) is 2. The molecule has 1 heterocycles. The quantitative estimate of drug-likeness (QED) is 0.764. The number of nitrogens with zero attached hydrogens (tertiary/aromatic N) is 1. The summed E-state index contributed by atoms with van der Waals surface area (Å²) in [6.07, 6.45) is 0.443. The van der Waals surface area contributed by atoms with Gasteiger partial charge in [-0.05, 0) is 19.1 Å². The van der Waals surface area contributed by atoms with Crippen LogP contribution in [0.15, 0.2) is 34.9 Å². The molecule has 0 aliphatic rings. The van der Waals surface area contributed by atoms with Gasteiger partial charge in [0.15, 0.2) is 0 Å². The maximum Gasteiger partial charge on any atom is 0.320 e. The lowest BCUT2D eigenvalue weighted by molar-refractivity contribution is -0.138. The second-order valence-electron chi connectivity index (χ2n) is 4.83. The number of aryl methyl sites for hydroxylation is 1. The van der Waals surface area contributed by atoms with Crippen molar-refractivity contribution >= 4 is 17.7 Å². The van der Waals surface area contributed by atoms with Crippen molar-refractivity contribution in [3.63, 3.8) is 0 Å². The van der Waals surface area contributed by atoms with Gasteiger partial charge in [0.05, 0.1) is 5.75 Å². The predicted molar refractivity (Wildman–Crippen MR) is 83.1 cm³/mol. The third kappa shape index (κ3) is 4.61. The van der Waals surface area contributed by atoms with Gasteiger partial charge in [0.25, 0.3) is 0 Å². The molecule has 0 bridgehead atoms. The number of carboxylic acid groups (broad SMARTS) is 1. The van der Waals surface area contributed by atoms with Gasteiger partial charge in [-0.2, -0.15) is 11.8 Å². The van der Waals surface area contributed by atoms with Crippen LogP contribution in [0.5, 0.6) is 0 Å². The van der Waals surface area contributed by atoms with E-state index in [1.807, 2.05) is 37.3 Å². The monoisotopic (exact) mass is 306 g/mol. The van der Waals surface area contributed by atoms with Crippen molar-refractivity contribution in [1.82, 2.24) is 5.16 Å². The van der Waals surface area contributed by atoms with Crippen molar-refractivity contribution in [2.75, 3.05) is 5.75 Å². The van der Waals surface area contributed by atoms with Crippen LogP contribution < -0.4 is 5.73 Å². The van der Waals surface area contributed by atoms with Gasteiger partial charge >= 0.3 is 5.97 Å². The molecule has 2 rings (SSSR count). The molecule has 3 N–H and O–H groups in total. The smallest absolute Gasteiger partial charge is 0.320 e. The zero-order valence-corrected chi connectivity index (χ0v) is 12.6. The minimum atomic E-state index is -0.961. The van der Waals surface area contributed by atoms with E-state index in [1.165, 1.54) is 5.56 Å². The van der Waals surface area contributed by atoms with E-state index in [1.54, 1.807) is 11.8 Å². The molecule has 1 aromatic carbocycles. The van der Waals surface area contributed by atoms with Crippen molar-refractivity contribution in [3.8, 4) is 11.3 Å². The molecule has 0 spiro atoms. The van der Waals surface area contributed by atoms with Crippen molar-refractivity contribution in [2.45, 2.75) is 25.1 Å². The molecule has 1 aromatic heterocycles. The third-order valence-corrected chi connectivity index (χ3v) is 4.05. The Hall–Kier alpha value is -1.79. The summed E-state index contributed by atoms with van der Waals surface area (Å²) in [6.45, 7) is 2.04. The summed E-state index contributed by atoms with van der Waals surface area (Å²) in [5, 5.41) is 12.7. The highest BCUT2D eigenvalue weighted by atomic mass is 32.2. The average molecular weight is 306 g/mol. The molecule has 1 atom stereocenters. The van der Waals surface area contributed by atoms with Crippen molar-refractivity contribution in [3.05, 3.63) is 41.7 Å². The first kappa shape index (κ1) is 15.6. The molecule has 1 unspecified atom stereocenters. The van der Waals surface area contributed by atoms with Crippen LogP contribution in [0.4, 0.5) is 0 Å². The van der Waals surface area contributed by atoms with Crippen LogP contribution in [-0.4, -0.2) is 28.0 Å². The Balaban J connectivity index is 1.83. The first-order chi connectivity index (χ1) is 10.1. The molecule has 21 heavy (non-hydrogen) atoms. The zero-order chi connectivity index (χ0) is 15.2. The van der Waals surface area contributed by atoms with Crippen LogP contribution >= 0.6 is 11.8 Å². The maximum absolute atomic E-state index is 10.6. The van der Waals surface area contributed by atoms with Gasteiger partial charge < -0.3 is 15.4 Å². The summed E-state index contributed by atoms with van der Waals surface area (Å²) in [5.74, 6) is 1.15. The highest BCUT2D eigenvalue weighted by Crippen LogP contribution is 2.22. The Labute approximate surface area is 127 Å². The van der Waals surface area contributed by atoms with Gasteiger partial charge in [-0.15, -0.1) is 0 Å². The standard InChI is InChI=1S/C15H18N2O3S/c1-10-2-4-11(5-3-10)14-8-12(20-17-14)9-21-7-6-13(16)15(18)19/h2-5,8,13H,6-7,9,16H2,1H3,(H,18,19). The summed E-state index contributed by atoms with van der Waals surface area (Å²) < 4.78 is 5.29. The third-order valence-electron chi connectivity index (χ3n) is 3.04. The molecule has 0 aliphatic carbocycles. The minimum absolute atomic E-state index is 0.443. The number of carbonyl (C=O) groups is 1. The normalized spacial score (nSPS) is 12.3. The Morgan fingerprint density at radius 3 is 2.81 bits per heavy atom. The molecule has 0 saturated heterocycles. The largest absolute Gasteiger partial charge is 0.480 e. The average Bonchev–Trinajstić information content (AvgIpc) is 2.93. The number of aliphatic carboxylic acids is 1. The molecule has 5 nitrogen and oxygen atoms in total. The van der Waals surface area contributed by atoms with E-state index in [0.717, 1.165) is 17.0 Å². The second kappa shape index (κ2) is 7.28. The Bertz CT molecular complexity index is 595. The Morgan fingerprint density at radius 1 is 1.43 bits per heavy atom. The highest BCUT2D eigenvalue weighted by Gasteiger charge is 2.11. The van der Waals surface area contributed by atoms with E-state index in [2.05, 4.69) is 5.16 Å². The van der Waals surface area contributed by atoms with Crippen molar-refractivity contribution in [2.24, 2.45) is 5.73 Å². The molecule has 0 radical (unpaired) electrons. The fourth-order valence-corrected chi connectivity index (χ4v) is 2.65. The zero-order valence-electron chi connectivity index (χ0n) is 11.8. The second-order valence-corrected chi connectivity index (χ2v) is 5.94. The lowest BCUT2D eigenvalue weighted by Crippen LogP contribution is -2.30. The Kier molecular flexibility index (Phi) is 5.41. The summed E-state index contributed by atoms with van der Waals surface area (Å²) >= 11 is 1.59. The number of nitrogens with two attached hydrogens (primary N) is 1. The lowest BCUT2D eigenvalue weighted by Gasteiger charge is -2.04. The maximum atomic E-state index is 10.6. The van der Waals surface area contributed by atoms with E-state index in [0.29, 0.717) is 17.9 Å². The number of carboxylic acids is 1. The molecule has 0 amide bonds. The minimum Gasteiger partial charge on any atom is -0.480 e. The van der Waals surface area contributed by atoms with Crippen molar-refractivity contribution in [1.29, 1.82) is 0 Å². The van der Waals surface area contributed by atoms with Gasteiger partial charge in [0, 0.05) is 11.6 Å². The van der Waals surface area contributed by atoms with Gasteiger partial charge in [0.1, 0.15) is 17.5 Å². The Morgan fingerprint density at radius 2 is 2.14 bits per heavy atom. The number of aromatic nitrogens is 1. The van der Waals surface area contributed by atoms with Gasteiger partial charge in [-0.25, -0.2) is 0 Å². The fourth-order valence-electron chi connectivity index (χ4n) is 1.75. The van der Waals surface area contributed by atoms with Crippen molar-refractivity contribution < 1.29 is 14.4 Å². The summed E-state index contributed by atoms with van der Waals surface area (Å²) in [4.78, 5) is 10.6. The van der Waals surface area contributed by atoms with Crippen LogP contribution in [0.25, 0.3) is 11.3 Å². The molecule has 2 aromatic rings. The van der Waals surface area contributed by atoms with Crippen LogP contribution in [0.3, 0.4) is 0 Å². The molecule has 6 heteroatoms. The van der Waals surface area contributed by atoms with E-state index in [-0.39, 0.29) is 0 Å². The molecule has 0 saturated carbocycles. The summed E-state index contributed by atoms with van der Waals surface area (Å²) in [5.41, 5.74) is 8.48. The van der Waals surface area contributed by atoms with E-state index in [4.69, 9.17) is 15.4 Å². The number of hydrogen-bond acceptors (Lipinski definition) is 5. The van der Waals surface area contributed by atoms with Crippen LogP contribution in [0.2, 0.25) is 0 Å². The SMILES string of the molecule is Cc1ccc(-c2cc(CSCCC(N)C(=O)O)on2)cc1. The van der Waals surface area contributed by atoms with E-state index >= 15 is 0 Å². The lowest BCUT2D eigenvalue weighted by atomic mass is 10.1. The molecular weight excluding hydrogens is 288 g/mol. The molecule has 112 valence electrons. The van der Waals surface area contributed by atoms with E-state index in [9.17, 15) is 4.79 Å². The molecule has 0 aliphatic heterocycles. The summed E-state index contributed by atoms with van der Waals surface area (Å²) in [6, 6.07) is 9.20. The van der Waals surface area contributed by atoms with Gasteiger partial charge in [0.2, 0.25) is 0 Å². The number of rotatable bonds is 7. The van der Waals surface area contributed by atoms with Crippen LogP contribution in [-0.2, 0) is 10.5 Å². The highest BCUT2D eigenvalue weighted by molar-refractivity contribution is 7.98. The number of thioether (sulfide) groups is 1. The van der Waals surface area contributed by atoms with Crippen LogP contribution in [0, 0.1) is 6.92 Å².